The largest absolute Gasteiger partial charge is 0.0985 e. The van der Waals surface area contributed by atoms with Crippen LogP contribution in [-0.2, 0) is 5.41 Å². The van der Waals surface area contributed by atoms with E-state index in [0.717, 1.165) is 16.7 Å². The van der Waals surface area contributed by atoms with E-state index in [-0.39, 0.29) is 5.41 Å². The summed E-state index contributed by atoms with van der Waals surface area (Å²) in [6.45, 7) is 10.4. The minimum Gasteiger partial charge on any atom is -0.0985 e. The van der Waals surface area contributed by atoms with Crippen molar-refractivity contribution >= 4 is 6.08 Å². The Balaban J connectivity index is 2.18. The van der Waals surface area contributed by atoms with Gasteiger partial charge in [0, 0.05) is 11.1 Å². The molecule has 0 aromatic heterocycles. The van der Waals surface area contributed by atoms with Crippen LogP contribution in [0.3, 0.4) is 0 Å². The third kappa shape index (κ3) is 3.62. The van der Waals surface area contributed by atoms with Gasteiger partial charge < -0.3 is 0 Å². The molecule has 100 valence electrons. The Labute approximate surface area is 122 Å². The van der Waals surface area contributed by atoms with Crippen molar-refractivity contribution in [2.24, 2.45) is 0 Å². The van der Waals surface area contributed by atoms with Crippen LogP contribution in [0.4, 0.5) is 0 Å². The second-order valence-corrected chi connectivity index (χ2v) is 5.90. The molecule has 0 amide bonds. The van der Waals surface area contributed by atoms with Crippen LogP contribution in [-0.4, -0.2) is 0 Å². The van der Waals surface area contributed by atoms with Gasteiger partial charge in [0.25, 0.3) is 0 Å². The van der Waals surface area contributed by atoms with Crippen molar-refractivity contribution in [1.29, 1.82) is 0 Å². The summed E-state index contributed by atoms with van der Waals surface area (Å²) < 4.78 is 0. The van der Waals surface area contributed by atoms with Gasteiger partial charge in [-0.2, -0.15) is 0 Å². The van der Waals surface area contributed by atoms with E-state index in [1.807, 2.05) is 30.3 Å². The van der Waals surface area contributed by atoms with E-state index >= 15 is 0 Å². The molecule has 0 radical (unpaired) electrons. The molecule has 0 aliphatic carbocycles. The van der Waals surface area contributed by atoms with Crippen molar-refractivity contribution in [2.45, 2.75) is 26.2 Å². The van der Waals surface area contributed by atoms with Crippen LogP contribution in [0.25, 0.3) is 6.08 Å². The fourth-order valence-corrected chi connectivity index (χ4v) is 1.90. The maximum absolute atomic E-state index is 3.75. The van der Waals surface area contributed by atoms with E-state index < -0.39 is 0 Å². The Morgan fingerprint density at radius 1 is 0.800 bits per heavy atom. The van der Waals surface area contributed by atoms with E-state index in [1.54, 1.807) is 0 Å². The molecule has 0 saturated carbocycles. The van der Waals surface area contributed by atoms with E-state index in [9.17, 15) is 0 Å². The third-order valence-electron chi connectivity index (χ3n) is 3.25. The summed E-state index contributed by atoms with van der Waals surface area (Å²) in [6, 6.07) is 16.6. The lowest BCUT2D eigenvalue weighted by molar-refractivity contribution is 0.590. The summed E-state index contributed by atoms with van der Waals surface area (Å²) in [5, 5.41) is 0. The van der Waals surface area contributed by atoms with Gasteiger partial charge in [0.2, 0.25) is 0 Å². The van der Waals surface area contributed by atoms with E-state index in [1.165, 1.54) is 5.56 Å². The zero-order valence-corrected chi connectivity index (χ0v) is 12.4. The lowest BCUT2D eigenvalue weighted by Gasteiger charge is -2.18. The number of rotatable bonds is 1. The first-order valence-electron chi connectivity index (χ1n) is 6.84. The molecular formula is C20H20. The lowest BCUT2D eigenvalue weighted by Crippen LogP contribution is -2.10. The van der Waals surface area contributed by atoms with E-state index in [4.69, 9.17) is 0 Å². The SMILES string of the molecule is C=Cc1ccc(C#Cc2ccc(C(C)(C)C)cc2)cc1. The Bertz CT molecular complexity index is 638. The maximum Gasteiger partial charge on any atom is 0.0249 e. The van der Waals surface area contributed by atoms with Crippen molar-refractivity contribution in [1.82, 2.24) is 0 Å². The van der Waals surface area contributed by atoms with Gasteiger partial charge in [-0.3, -0.25) is 0 Å². The van der Waals surface area contributed by atoms with Gasteiger partial charge >= 0.3 is 0 Å². The highest BCUT2D eigenvalue weighted by molar-refractivity contribution is 5.50. The van der Waals surface area contributed by atoms with Gasteiger partial charge in [-0.25, -0.2) is 0 Å². The highest BCUT2D eigenvalue weighted by Crippen LogP contribution is 2.21. The number of benzene rings is 2. The zero-order valence-electron chi connectivity index (χ0n) is 12.4. The quantitative estimate of drug-likeness (QED) is 0.631. The summed E-state index contributed by atoms with van der Waals surface area (Å²) in [4.78, 5) is 0. The average molecular weight is 260 g/mol. The molecule has 20 heavy (non-hydrogen) atoms. The van der Waals surface area contributed by atoms with Crippen LogP contribution < -0.4 is 0 Å². The standard InChI is InChI=1S/C20H20/c1-5-16-6-8-17(9-7-16)10-11-18-12-14-19(15-13-18)20(2,3)4/h5-9,12-15H,1H2,2-4H3. The van der Waals surface area contributed by atoms with Crippen LogP contribution in [0.1, 0.15) is 43.0 Å². The molecule has 0 atom stereocenters. The van der Waals surface area contributed by atoms with Crippen LogP contribution in [0.2, 0.25) is 0 Å². The predicted octanol–water partition coefficient (Wildman–Crippen LogP) is 5.03. The fourth-order valence-electron chi connectivity index (χ4n) is 1.90. The number of hydrogen-bond acceptors (Lipinski definition) is 0. The lowest BCUT2D eigenvalue weighted by atomic mass is 9.87. The molecule has 2 aromatic rings. The van der Waals surface area contributed by atoms with Crippen molar-refractivity contribution in [3.8, 4) is 11.8 Å². The minimum absolute atomic E-state index is 0.187. The Kier molecular flexibility index (Phi) is 4.11. The monoisotopic (exact) mass is 260 g/mol. The second-order valence-electron chi connectivity index (χ2n) is 5.90. The van der Waals surface area contributed by atoms with Crippen LogP contribution in [0.15, 0.2) is 55.1 Å². The first-order chi connectivity index (χ1) is 9.49. The van der Waals surface area contributed by atoms with Crippen molar-refractivity contribution in [2.75, 3.05) is 0 Å². The molecule has 0 unspecified atom stereocenters. The molecule has 0 heterocycles. The predicted molar refractivity (Wildman–Crippen MR) is 87.7 cm³/mol. The average Bonchev–Trinajstić information content (AvgIpc) is 2.45. The van der Waals surface area contributed by atoms with E-state index in [2.05, 4.69) is 63.5 Å². The second kappa shape index (κ2) is 5.80. The zero-order chi connectivity index (χ0) is 14.6. The normalized spacial score (nSPS) is 10.6. The Morgan fingerprint density at radius 2 is 1.25 bits per heavy atom. The van der Waals surface area contributed by atoms with Gasteiger partial charge in [-0.05, 0) is 40.8 Å². The Hall–Kier alpha value is -2.26. The molecule has 0 spiro atoms. The molecule has 0 saturated heterocycles. The van der Waals surface area contributed by atoms with Gasteiger partial charge in [0.1, 0.15) is 0 Å². The van der Waals surface area contributed by atoms with Gasteiger partial charge in [0.05, 0.1) is 0 Å². The third-order valence-corrected chi connectivity index (χ3v) is 3.25. The smallest absolute Gasteiger partial charge is 0.0249 e. The topological polar surface area (TPSA) is 0 Å². The highest BCUT2D eigenvalue weighted by atomic mass is 14.2. The van der Waals surface area contributed by atoms with Gasteiger partial charge in [0.15, 0.2) is 0 Å². The van der Waals surface area contributed by atoms with Gasteiger partial charge in [-0.1, -0.05) is 69.5 Å². The summed E-state index contributed by atoms with van der Waals surface area (Å²) in [5.74, 6) is 6.39. The molecule has 0 N–H and O–H groups in total. The maximum atomic E-state index is 3.75. The summed E-state index contributed by atoms with van der Waals surface area (Å²) in [6.07, 6.45) is 1.84. The highest BCUT2D eigenvalue weighted by Gasteiger charge is 2.12. The van der Waals surface area contributed by atoms with Gasteiger partial charge in [-0.15, -0.1) is 0 Å². The number of hydrogen-bond donors (Lipinski definition) is 0. The van der Waals surface area contributed by atoms with Crippen molar-refractivity contribution < 1.29 is 0 Å². The molecular weight excluding hydrogens is 240 g/mol. The molecule has 2 rings (SSSR count). The van der Waals surface area contributed by atoms with Crippen LogP contribution in [0, 0.1) is 11.8 Å². The Morgan fingerprint density at radius 3 is 1.65 bits per heavy atom. The summed E-state index contributed by atoms with van der Waals surface area (Å²) in [5.41, 5.74) is 4.71. The first-order valence-corrected chi connectivity index (χ1v) is 6.84. The van der Waals surface area contributed by atoms with Crippen molar-refractivity contribution in [3.63, 3.8) is 0 Å². The van der Waals surface area contributed by atoms with Crippen LogP contribution in [0.5, 0.6) is 0 Å². The van der Waals surface area contributed by atoms with E-state index in [0.29, 0.717) is 0 Å². The molecule has 2 aromatic carbocycles. The molecule has 0 bridgehead atoms. The summed E-state index contributed by atoms with van der Waals surface area (Å²) >= 11 is 0. The molecule has 0 fully saturated rings. The molecule has 0 aliphatic rings. The first kappa shape index (κ1) is 14.2. The molecule has 0 nitrogen and oxygen atoms in total. The summed E-state index contributed by atoms with van der Waals surface area (Å²) in [7, 11) is 0. The molecule has 0 heteroatoms. The molecule has 0 aliphatic heterocycles. The van der Waals surface area contributed by atoms with Crippen molar-refractivity contribution in [3.05, 3.63) is 77.4 Å². The van der Waals surface area contributed by atoms with Crippen LogP contribution >= 0.6 is 0 Å². The fraction of sp³-hybridized carbons (Fsp3) is 0.200. The minimum atomic E-state index is 0.187.